The minimum atomic E-state index is -0.00750. The number of aromatic nitrogens is 2. The molecule has 82 valence electrons. The van der Waals surface area contributed by atoms with Gasteiger partial charge in [-0.15, -0.1) is 0 Å². The maximum Gasteiger partial charge on any atom is 0.188 e. The van der Waals surface area contributed by atoms with E-state index in [1.807, 2.05) is 6.92 Å². The second kappa shape index (κ2) is 5.11. The average Bonchev–Trinajstić information content (AvgIpc) is 2.13. The Hall–Kier alpha value is -1.10. The number of aryl methyl sites for hydroxylation is 1. The molecule has 0 spiro atoms. The first-order chi connectivity index (χ1) is 6.99. The van der Waals surface area contributed by atoms with Gasteiger partial charge < -0.3 is 5.73 Å². The topological polar surface area (TPSA) is 75.7 Å². The van der Waals surface area contributed by atoms with Gasteiger partial charge in [-0.25, -0.2) is 9.97 Å². The van der Waals surface area contributed by atoms with Gasteiger partial charge in [-0.3, -0.25) is 5.41 Å². The first-order valence-corrected chi connectivity index (χ1v) is 5.80. The van der Waals surface area contributed by atoms with Crippen LogP contribution in [-0.4, -0.2) is 21.6 Å². The summed E-state index contributed by atoms with van der Waals surface area (Å²) in [6, 6.07) is 1.72. The Morgan fingerprint density at radius 1 is 1.53 bits per heavy atom. The van der Waals surface area contributed by atoms with Crippen LogP contribution in [0.25, 0.3) is 0 Å². The van der Waals surface area contributed by atoms with Crippen LogP contribution in [0.2, 0.25) is 0 Å². The van der Waals surface area contributed by atoms with Gasteiger partial charge in [0.1, 0.15) is 11.5 Å². The van der Waals surface area contributed by atoms with Gasteiger partial charge in [0.15, 0.2) is 5.16 Å². The van der Waals surface area contributed by atoms with Crippen molar-refractivity contribution in [1.82, 2.24) is 9.97 Å². The molecule has 0 saturated heterocycles. The second-order valence-corrected chi connectivity index (χ2v) is 4.78. The molecule has 0 saturated carbocycles. The van der Waals surface area contributed by atoms with Crippen LogP contribution in [0, 0.1) is 18.3 Å². The van der Waals surface area contributed by atoms with Gasteiger partial charge in [0, 0.05) is 11.4 Å². The number of thioether (sulfide) groups is 1. The molecule has 1 rings (SSSR count). The fourth-order valence-corrected chi connectivity index (χ4v) is 1.84. The zero-order valence-corrected chi connectivity index (χ0v) is 10.1. The molecular weight excluding hydrogens is 208 g/mol. The standard InChI is InChI=1S/C10H16N4S/c1-6(2)5-15-10-13-7(3)4-8(14-10)9(11)12/h4,6H,5H2,1-3H3,(H3,11,12). The number of nitrogens with zero attached hydrogens (tertiary/aromatic N) is 2. The van der Waals surface area contributed by atoms with Crippen molar-refractivity contribution in [2.45, 2.75) is 25.9 Å². The van der Waals surface area contributed by atoms with Crippen LogP contribution in [-0.2, 0) is 0 Å². The Labute approximate surface area is 94.2 Å². The van der Waals surface area contributed by atoms with Gasteiger partial charge in [0.05, 0.1) is 0 Å². The lowest BCUT2D eigenvalue weighted by atomic mass is 10.3. The van der Waals surface area contributed by atoms with Crippen LogP contribution in [0.15, 0.2) is 11.2 Å². The minimum Gasteiger partial charge on any atom is -0.382 e. The Morgan fingerprint density at radius 3 is 2.73 bits per heavy atom. The number of amidine groups is 1. The van der Waals surface area contributed by atoms with E-state index in [-0.39, 0.29) is 5.84 Å². The Kier molecular flexibility index (Phi) is 4.08. The Balaban J connectivity index is 2.84. The van der Waals surface area contributed by atoms with Crippen LogP contribution in [0.1, 0.15) is 25.2 Å². The molecule has 0 aromatic carbocycles. The molecule has 4 nitrogen and oxygen atoms in total. The highest BCUT2D eigenvalue weighted by Gasteiger charge is 2.05. The third-order valence-electron chi connectivity index (χ3n) is 1.66. The second-order valence-electron chi connectivity index (χ2n) is 3.80. The van der Waals surface area contributed by atoms with E-state index in [0.717, 1.165) is 11.4 Å². The predicted molar refractivity (Wildman–Crippen MR) is 63.3 cm³/mol. The first kappa shape index (κ1) is 12.0. The van der Waals surface area contributed by atoms with Crippen LogP contribution in [0.5, 0.6) is 0 Å². The summed E-state index contributed by atoms with van der Waals surface area (Å²) in [5, 5.41) is 8.03. The molecule has 0 fully saturated rings. The van der Waals surface area contributed by atoms with E-state index in [0.29, 0.717) is 16.8 Å². The highest BCUT2D eigenvalue weighted by atomic mass is 32.2. The van der Waals surface area contributed by atoms with Gasteiger partial charge in [0.25, 0.3) is 0 Å². The molecule has 0 bridgehead atoms. The lowest BCUT2D eigenvalue weighted by molar-refractivity contribution is 0.747. The number of hydrogen-bond donors (Lipinski definition) is 2. The highest BCUT2D eigenvalue weighted by Crippen LogP contribution is 2.17. The number of rotatable bonds is 4. The quantitative estimate of drug-likeness (QED) is 0.354. The summed E-state index contributed by atoms with van der Waals surface area (Å²) in [5.74, 6) is 1.56. The largest absolute Gasteiger partial charge is 0.382 e. The molecule has 0 aliphatic heterocycles. The van der Waals surface area contributed by atoms with E-state index in [4.69, 9.17) is 11.1 Å². The number of nitrogens with two attached hydrogens (primary N) is 1. The summed E-state index contributed by atoms with van der Waals surface area (Å²) in [4.78, 5) is 8.50. The van der Waals surface area contributed by atoms with Gasteiger partial charge in [-0.1, -0.05) is 25.6 Å². The number of hydrogen-bond acceptors (Lipinski definition) is 4. The van der Waals surface area contributed by atoms with Crippen molar-refractivity contribution in [3.05, 3.63) is 17.5 Å². The van der Waals surface area contributed by atoms with Crippen molar-refractivity contribution in [2.75, 3.05) is 5.75 Å². The van der Waals surface area contributed by atoms with Crippen molar-refractivity contribution >= 4 is 17.6 Å². The molecule has 0 aliphatic carbocycles. The van der Waals surface area contributed by atoms with Crippen LogP contribution < -0.4 is 5.73 Å². The van der Waals surface area contributed by atoms with E-state index in [9.17, 15) is 0 Å². The molecule has 0 radical (unpaired) electrons. The molecule has 1 aromatic rings. The molecule has 0 aliphatic rings. The average molecular weight is 224 g/mol. The third kappa shape index (κ3) is 3.87. The number of nitrogens with one attached hydrogen (secondary N) is 1. The minimum absolute atomic E-state index is 0.00750. The normalized spacial score (nSPS) is 10.7. The SMILES string of the molecule is Cc1cc(C(=N)N)nc(SCC(C)C)n1. The molecule has 0 amide bonds. The van der Waals surface area contributed by atoms with E-state index in [2.05, 4.69) is 23.8 Å². The molecule has 0 unspecified atom stereocenters. The molecule has 15 heavy (non-hydrogen) atoms. The van der Waals surface area contributed by atoms with Gasteiger partial charge in [-0.2, -0.15) is 0 Å². The van der Waals surface area contributed by atoms with Gasteiger partial charge in [0.2, 0.25) is 0 Å². The zero-order valence-electron chi connectivity index (χ0n) is 9.24. The first-order valence-electron chi connectivity index (χ1n) is 4.82. The lowest BCUT2D eigenvalue weighted by Gasteiger charge is -2.05. The molecule has 3 N–H and O–H groups in total. The van der Waals surface area contributed by atoms with Crippen molar-refractivity contribution in [2.24, 2.45) is 11.7 Å². The predicted octanol–water partition coefficient (Wildman–Crippen LogP) is 1.82. The Bertz CT molecular complexity index is 362. The van der Waals surface area contributed by atoms with Crippen molar-refractivity contribution in [1.29, 1.82) is 5.41 Å². The molecular formula is C10H16N4S. The maximum atomic E-state index is 7.32. The summed E-state index contributed by atoms with van der Waals surface area (Å²) < 4.78 is 0. The summed E-state index contributed by atoms with van der Waals surface area (Å²) >= 11 is 1.60. The van der Waals surface area contributed by atoms with Crippen molar-refractivity contribution in [3.8, 4) is 0 Å². The van der Waals surface area contributed by atoms with E-state index >= 15 is 0 Å². The van der Waals surface area contributed by atoms with Crippen molar-refractivity contribution in [3.63, 3.8) is 0 Å². The van der Waals surface area contributed by atoms with Gasteiger partial charge >= 0.3 is 0 Å². The summed E-state index contributed by atoms with van der Waals surface area (Å²) in [5.41, 5.74) is 6.75. The summed E-state index contributed by atoms with van der Waals surface area (Å²) in [6.07, 6.45) is 0. The number of nitrogen functional groups attached to an aromatic ring is 1. The monoisotopic (exact) mass is 224 g/mol. The van der Waals surface area contributed by atoms with E-state index in [1.165, 1.54) is 0 Å². The summed E-state index contributed by atoms with van der Waals surface area (Å²) in [7, 11) is 0. The molecule has 0 atom stereocenters. The van der Waals surface area contributed by atoms with Gasteiger partial charge in [-0.05, 0) is 18.9 Å². The molecule has 1 aromatic heterocycles. The molecule has 1 heterocycles. The van der Waals surface area contributed by atoms with E-state index in [1.54, 1.807) is 17.8 Å². The Morgan fingerprint density at radius 2 is 2.20 bits per heavy atom. The lowest BCUT2D eigenvalue weighted by Crippen LogP contribution is -2.14. The fraction of sp³-hybridized carbons (Fsp3) is 0.500. The van der Waals surface area contributed by atoms with E-state index < -0.39 is 0 Å². The van der Waals surface area contributed by atoms with Crippen LogP contribution in [0.3, 0.4) is 0 Å². The van der Waals surface area contributed by atoms with Crippen LogP contribution in [0.4, 0.5) is 0 Å². The maximum absolute atomic E-state index is 7.32. The highest BCUT2D eigenvalue weighted by molar-refractivity contribution is 7.99. The van der Waals surface area contributed by atoms with Crippen molar-refractivity contribution < 1.29 is 0 Å². The smallest absolute Gasteiger partial charge is 0.188 e. The zero-order chi connectivity index (χ0) is 11.4. The molecule has 5 heteroatoms. The van der Waals surface area contributed by atoms with Crippen LogP contribution >= 0.6 is 11.8 Å². The summed E-state index contributed by atoms with van der Waals surface area (Å²) in [6.45, 7) is 6.18. The fourth-order valence-electron chi connectivity index (χ4n) is 0.985. The third-order valence-corrected chi connectivity index (χ3v) is 2.93.